The Morgan fingerprint density at radius 1 is 0.938 bits per heavy atom. The van der Waals surface area contributed by atoms with Crippen molar-refractivity contribution in [2.24, 2.45) is 0 Å². The van der Waals surface area contributed by atoms with Crippen LogP contribution in [-0.4, -0.2) is 25.5 Å². The predicted octanol–water partition coefficient (Wildman–Crippen LogP) is 5.01. The lowest BCUT2D eigenvalue weighted by molar-refractivity contribution is -0.115. The highest BCUT2D eigenvalue weighted by atomic mass is 16.5. The Kier molecular flexibility index (Phi) is 4.94. The molecule has 4 aromatic carbocycles. The molecule has 0 aromatic heterocycles. The highest BCUT2D eigenvalue weighted by Crippen LogP contribution is 2.30. The van der Waals surface area contributed by atoms with E-state index in [1.54, 1.807) is 30.3 Å². The first kappa shape index (κ1) is 16.4. The van der Waals surface area contributed by atoms with Crippen LogP contribution in [0.1, 0.15) is 15.8 Å². The summed E-state index contributed by atoms with van der Waals surface area (Å²) in [5.74, 6) is -0.675. The number of amides is 2. The number of rotatable bonds is 7. The highest BCUT2D eigenvalue weighted by Gasteiger charge is 2.13. The maximum Gasteiger partial charge on any atom is 0.252 e. The Hall–Kier alpha value is -4.32. The number of carbonyl (C=O) groups excluding carboxylic acids is 2. The lowest BCUT2D eigenvalue weighted by atomic mass is 10.0. The first-order chi connectivity index (χ1) is 17.3. The molecule has 160 valence electrons. The molecule has 0 saturated heterocycles. The molecule has 0 spiro atoms. The van der Waals surface area contributed by atoms with Gasteiger partial charge in [0.2, 0.25) is 5.91 Å². The molecule has 0 atom stereocenters. The van der Waals surface area contributed by atoms with Gasteiger partial charge in [-0.05, 0) is 41.1 Å². The van der Waals surface area contributed by atoms with E-state index in [1.165, 1.54) is 13.2 Å². The van der Waals surface area contributed by atoms with Crippen LogP contribution in [0.5, 0.6) is 17.2 Å². The van der Waals surface area contributed by atoms with Crippen molar-refractivity contribution in [2.75, 3.05) is 19.0 Å². The molecule has 0 heterocycles. The van der Waals surface area contributed by atoms with E-state index in [1.807, 2.05) is 30.3 Å². The van der Waals surface area contributed by atoms with E-state index in [2.05, 4.69) is 10.6 Å². The fraction of sp³-hybridized carbons (Fsp3) is 0.0769. The zero-order chi connectivity index (χ0) is 25.8. The van der Waals surface area contributed by atoms with Gasteiger partial charge in [-0.25, -0.2) is 0 Å². The zero-order valence-electron chi connectivity index (χ0n) is 21.2. The summed E-state index contributed by atoms with van der Waals surface area (Å²) < 4.78 is 43.4. The van der Waals surface area contributed by atoms with E-state index in [0.717, 1.165) is 10.8 Å². The van der Waals surface area contributed by atoms with E-state index < -0.39 is 42.5 Å². The second kappa shape index (κ2) is 9.66. The first-order valence-electron chi connectivity index (χ1n) is 11.8. The monoisotopic (exact) mass is 430 g/mol. The minimum atomic E-state index is -0.691. The summed E-state index contributed by atoms with van der Waals surface area (Å²) >= 11 is 0. The predicted molar refractivity (Wildman–Crippen MR) is 124 cm³/mol. The quantitative estimate of drug-likeness (QED) is 0.432. The van der Waals surface area contributed by atoms with E-state index in [4.69, 9.17) is 15.0 Å². The second-order valence-electron chi connectivity index (χ2n) is 6.74. The van der Waals surface area contributed by atoms with Crippen molar-refractivity contribution in [2.45, 2.75) is 0 Å². The number of methoxy groups -OCH3 is 1. The smallest absolute Gasteiger partial charge is 0.252 e. The number of benzene rings is 4. The van der Waals surface area contributed by atoms with Gasteiger partial charge in [-0.1, -0.05) is 54.5 Å². The van der Waals surface area contributed by atoms with E-state index in [9.17, 15) is 9.59 Å². The summed E-state index contributed by atoms with van der Waals surface area (Å²) in [4.78, 5) is 25.5. The zero-order valence-corrected chi connectivity index (χ0v) is 17.2. The minimum Gasteiger partial charge on any atom is -0.497 e. The molecule has 0 fully saturated rings. The molecule has 0 aliphatic heterocycles. The van der Waals surface area contributed by atoms with Crippen LogP contribution < -0.4 is 20.1 Å². The van der Waals surface area contributed by atoms with Gasteiger partial charge >= 0.3 is 0 Å². The number of nitrogens with one attached hydrogen (secondary N) is 2. The number of anilines is 1. The van der Waals surface area contributed by atoms with E-state index >= 15 is 0 Å². The van der Waals surface area contributed by atoms with Gasteiger partial charge in [0.15, 0.2) is 5.75 Å². The van der Waals surface area contributed by atoms with Gasteiger partial charge in [-0.15, -0.1) is 0 Å². The third-order valence-electron chi connectivity index (χ3n) is 4.62. The summed E-state index contributed by atoms with van der Waals surface area (Å²) in [5.41, 5.74) is 0.165. The third kappa shape index (κ3) is 4.87. The van der Waals surface area contributed by atoms with Crippen LogP contribution in [0.3, 0.4) is 0 Å². The highest BCUT2D eigenvalue weighted by molar-refractivity contribution is 6.08. The van der Waals surface area contributed by atoms with Gasteiger partial charge < -0.3 is 20.1 Å². The number of para-hydroxylation sites is 2. The van der Waals surface area contributed by atoms with Crippen LogP contribution in [0.25, 0.3) is 10.8 Å². The van der Waals surface area contributed by atoms with Crippen LogP contribution >= 0.6 is 0 Å². The third-order valence-corrected chi connectivity index (χ3v) is 4.62. The SMILES string of the molecule is [2H]c1c([2H])c([2H])c(Oc2cccc(OC)c2)c(NC(=O)CNC(=O)c2cccc3ccccc23)c1[2H]. The summed E-state index contributed by atoms with van der Waals surface area (Å²) in [6.07, 6.45) is 0. The van der Waals surface area contributed by atoms with Gasteiger partial charge in [-0.2, -0.15) is 0 Å². The molecule has 0 unspecified atom stereocenters. The molecule has 4 rings (SSSR count). The molecule has 0 aliphatic carbocycles. The Bertz CT molecular complexity index is 1470. The van der Waals surface area contributed by atoms with Crippen LogP contribution in [0.15, 0.2) is 90.9 Å². The number of ether oxygens (including phenoxy) is 2. The molecule has 2 N–H and O–H groups in total. The number of hydrogen-bond acceptors (Lipinski definition) is 4. The van der Waals surface area contributed by atoms with Crippen molar-refractivity contribution in [3.63, 3.8) is 0 Å². The van der Waals surface area contributed by atoms with Gasteiger partial charge in [0, 0.05) is 11.6 Å². The van der Waals surface area contributed by atoms with Gasteiger partial charge in [-0.3, -0.25) is 9.59 Å². The lowest BCUT2D eigenvalue weighted by Crippen LogP contribution is -2.33. The Labute approximate surface area is 191 Å². The molecule has 0 bridgehead atoms. The molecule has 6 heteroatoms. The summed E-state index contributed by atoms with van der Waals surface area (Å²) in [5, 5.41) is 6.64. The van der Waals surface area contributed by atoms with E-state index in [0.29, 0.717) is 11.3 Å². The van der Waals surface area contributed by atoms with Crippen molar-refractivity contribution in [3.05, 3.63) is 96.5 Å². The normalized spacial score (nSPS) is 12.2. The largest absolute Gasteiger partial charge is 0.497 e. The molecular formula is C26H22N2O4. The van der Waals surface area contributed by atoms with Crippen molar-refractivity contribution >= 4 is 28.3 Å². The fourth-order valence-electron chi connectivity index (χ4n) is 3.11. The van der Waals surface area contributed by atoms with Crippen LogP contribution in [-0.2, 0) is 4.79 Å². The molecule has 32 heavy (non-hydrogen) atoms. The molecule has 0 radical (unpaired) electrons. The first-order valence-corrected chi connectivity index (χ1v) is 9.78. The van der Waals surface area contributed by atoms with Crippen LogP contribution in [0.2, 0.25) is 0 Å². The molecule has 6 nitrogen and oxygen atoms in total. The number of carbonyl (C=O) groups is 2. The second-order valence-corrected chi connectivity index (χ2v) is 6.74. The fourth-order valence-corrected chi connectivity index (χ4v) is 3.11. The van der Waals surface area contributed by atoms with Crippen molar-refractivity contribution in [3.8, 4) is 17.2 Å². The number of fused-ring (bicyclic) bond motifs is 1. The molecule has 4 aromatic rings. The molecular weight excluding hydrogens is 404 g/mol. The Balaban J connectivity index is 1.56. The molecule has 0 aliphatic rings. The molecule has 0 saturated carbocycles. The lowest BCUT2D eigenvalue weighted by Gasteiger charge is -2.13. The maximum atomic E-state index is 12.8. The maximum absolute atomic E-state index is 12.8. The van der Waals surface area contributed by atoms with Crippen molar-refractivity contribution < 1.29 is 24.5 Å². The van der Waals surface area contributed by atoms with Gasteiger partial charge in [0.1, 0.15) is 11.5 Å². The number of hydrogen-bond donors (Lipinski definition) is 2. The van der Waals surface area contributed by atoms with Gasteiger partial charge in [0.05, 0.1) is 24.8 Å². The minimum absolute atomic E-state index is 0.242. The standard InChI is InChI=1S/C26H22N2O4/c1-31-19-10-7-11-20(16-19)32-24-15-5-4-14-23(24)28-25(29)17-27-26(30)22-13-6-9-18-8-2-3-12-21(18)22/h2-16H,17H2,1H3,(H,27,30)(H,28,29)/i4D,5D,14D,15D. The van der Waals surface area contributed by atoms with Crippen molar-refractivity contribution in [1.29, 1.82) is 0 Å². The summed E-state index contributed by atoms with van der Waals surface area (Å²) in [6, 6.07) is 17.1. The topological polar surface area (TPSA) is 76.7 Å². The Morgan fingerprint density at radius 3 is 2.56 bits per heavy atom. The summed E-state index contributed by atoms with van der Waals surface area (Å²) in [6.45, 7) is -0.427. The Morgan fingerprint density at radius 2 is 1.69 bits per heavy atom. The van der Waals surface area contributed by atoms with Gasteiger partial charge in [0.25, 0.3) is 5.91 Å². The van der Waals surface area contributed by atoms with Crippen LogP contribution in [0.4, 0.5) is 5.69 Å². The van der Waals surface area contributed by atoms with Crippen LogP contribution in [0, 0.1) is 0 Å². The summed E-state index contributed by atoms with van der Waals surface area (Å²) in [7, 11) is 1.48. The van der Waals surface area contributed by atoms with Crippen molar-refractivity contribution in [1.82, 2.24) is 5.32 Å². The van der Waals surface area contributed by atoms with E-state index in [-0.39, 0.29) is 17.2 Å². The molecule has 2 amide bonds. The average molecular weight is 430 g/mol. The average Bonchev–Trinajstić information content (AvgIpc) is 2.91.